The highest BCUT2D eigenvalue weighted by molar-refractivity contribution is 14.1. The molecule has 0 radical (unpaired) electrons. The molecule has 15 heavy (non-hydrogen) atoms. The first-order chi connectivity index (χ1) is 7.28. The monoisotopic (exact) mass is 352 g/mol. The highest BCUT2D eigenvalue weighted by Crippen LogP contribution is 2.24. The normalized spacial score (nSPS) is 20.1. The number of hydrogen-bond acceptors (Lipinski definition) is 3. The molecule has 0 saturated heterocycles. The molecule has 1 aromatic carbocycles. The Morgan fingerprint density at radius 3 is 2.80 bits per heavy atom. The summed E-state index contributed by atoms with van der Waals surface area (Å²) in [4.78, 5) is 4.44. The highest BCUT2D eigenvalue weighted by Gasteiger charge is 2.17. The number of nitrogens with zero attached hydrogens (tertiary/aromatic N) is 1. The van der Waals surface area contributed by atoms with Gasteiger partial charge in [0, 0.05) is 20.4 Å². The Hall–Kier alpha value is 0.0600. The SMILES string of the molecule is Clc1ccc(NC2=NC[C@@H](CI)S2)cc1. The van der Waals surface area contributed by atoms with E-state index in [2.05, 4.69) is 32.9 Å². The largest absolute Gasteiger partial charge is 0.335 e. The highest BCUT2D eigenvalue weighted by atomic mass is 127. The van der Waals surface area contributed by atoms with Gasteiger partial charge < -0.3 is 5.32 Å². The second-order valence-electron chi connectivity index (χ2n) is 3.17. The molecule has 0 unspecified atom stereocenters. The van der Waals surface area contributed by atoms with Gasteiger partial charge in [0.2, 0.25) is 0 Å². The molecular formula is C10H10ClIN2S. The number of anilines is 1. The Morgan fingerprint density at radius 2 is 2.20 bits per heavy atom. The number of alkyl halides is 1. The molecular weight excluding hydrogens is 343 g/mol. The van der Waals surface area contributed by atoms with Gasteiger partial charge in [0.15, 0.2) is 5.17 Å². The van der Waals surface area contributed by atoms with Crippen molar-refractivity contribution in [3.63, 3.8) is 0 Å². The molecule has 0 aliphatic carbocycles. The molecule has 1 atom stereocenters. The van der Waals surface area contributed by atoms with Crippen LogP contribution in [0.4, 0.5) is 5.69 Å². The van der Waals surface area contributed by atoms with Crippen LogP contribution in [0.25, 0.3) is 0 Å². The summed E-state index contributed by atoms with van der Waals surface area (Å²) >= 11 is 10.0. The quantitative estimate of drug-likeness (QED) is 0.649. The van der Waals surface area contributed by atoms with Gasteiger partial charge in [-0.1, -0.05) is 46.0 Å². The maximum Gasteiger partial charge on any atom is 0.161 e. The van der Waals surface area contributed by atoms with Gasteiger partial charge in [0.05, 0.1) is 6.54 Å². The van der Waals surface area contributed by atoms with Gasteiger partial charge in [-0.15, -0.1) is 0 Å². The van der Waals surface area contributed by atoms with Crippen LogP contribution in [-0.2, 0) is 0 Å². The number of amidine groups is 1. The topological polar surface area (TPSA) is 24.4 Å². The van der Waals surface area contributed by atoms with E-state index in [1.54, 1.807) is 0 Å². The van der Waals surface area contributed by atoms with Crippen LogP contribution in [0.3, 0.4) is 0 Å². The number of thioether (sulfide) groups is 1. The standard InChI is InChI=1S/C10H10ClIN2S/c11-7-1-3-8(4-2-7)14-10-13-6-9(5-12)15-10/h1-4,9H,5-6H2,(H,13,14)/t9-/m1/s1. The Bertz CT molecular complexity index is 366. The minimum absolute atomic E-state index is 0.625. The molecule has 0 fully saturated rings. The summed E-state index contributed by atoms with van der Waals surface area (Å²) in [7, 11) is 0. The maximum absolute atomic E-state index is 5.81. The average molecular weight is 353 g/mol. The number of aliphatic imine (C=N–C) groups is 1. The predicted molar refractivity (Wildman–Crippen MR) is 77.6 cm³/mol. The van der Waals surface area contributed by atoms with Crippen molar-refractivity contribution in [1.29, 1.82) is 0 Å². The molecule has 1 aliphatic heterocycles. The molecule has 2 nitrogen and oxygen atoms in total. The van der Waals surface area contributed by atoms with E-state index in [9.17, 15) is 0 Å². The van der Waals surface area contributed by atoms with E-state index in [1.807, 2.05) is 36.0 Å². The molecule has 1 heterocycles. The van der Waals surface area contributed by atoms with Crippen molar-refractivity contribution in [2.75, 3.05) is 16.3 Å². The molecule has 80 valence electrons. The molecule has 0 spiro atoms. The average Bonchev–Trinajstić information content (AvgIpc) is 2.69. The van der Waals surface area contributed by atoms with Crippen LogP contribution >= 0.6 is 46.0 Å². The van der Waals surface area contributed by atoms with E-state index in [0.717, 1.165) is 26.8 Å². The van der Waals surface area contributed by atoms with Crippen LogP contribution in [0.1, 0.15) is 0 Å². The summed E-state index contributed by atoms with van der Waals surface area (Å²) in [5.74, 6) is 0. The lowest BCUT2D eigenvalue weighted by molar-refractivity contribution is 0.999. The molecule has 1 aromatic rings. The fourth-order valence-corrected chi connectivity index (χ4v) is 3.02. The molecule has 1 aliphatic rings. The third kappa shape index (κ3) is 3.26. The smallest absolute Gasteiger partial charge is 0.161 e. The van der Waals surface area contributed by atoms with Gasteiger partial charge in [0.1, 0.15) is 0 Å². The summed E-state index contributed by atoms with van der Waals surface area (Å²) in [6, 6.07) is 7.67. The summed E-state index contributed by atoms with van der Waals surface area (Å²) in [6.45, 7) is 0.920. The lowest BCUT2D eigenvalue weighted by atomic mass is 10.3. The van der Waals surface area contributed by atoms with Crippen LogP contribution in [0.2, 0.25) is 5.02 Å². The van der Waals surface area contributed by atoms with Crippen LogP contribution < -0.4 is 5.32 Å². The van der Waals surface area contributed by atoms with Crippen LogP contribution in [0, 0.1) is 0 Å². The van der Waals surface area contributed by atoms with E-state index < -0.39 is 0 Å². The number of nitrogens with one attached hydrogen (secondary N) is 1. The first-order valence-corrected chi connectivity index (χ1v) is 7.36. The van der Waals surface area contributed by atoms with Gasteiger partial charge in [-0.25, -0.2) is 0 Å². The molecule has 2 rings (SSSR count). The lowest BCUT2D eigenvalue weighted by Crippen LogP contribution is -2.08. The zero-order valence-corrected chi connectivity index (χ0v) is 11.6. The number of benzene rings is 1. The maximum atomic E-state index is 5.81. The molecule has 5 heteroatoms. The zero-order valence-electron chi connectivity index (χ0n) is 7.91. The number of hydrogen-bond donors (Lipinski definition) is 1. The van der Waals surface area contributed by atoms with E-state index >= 15 is 0 Å². The molecule has 0 saturated carbocycles. The van der Waals surface area contributed by atoms with Gasteiger partial charge >= 0.3 is 0 Å². The summed E-state index contributed by atoms with van der Waals surface area (Å²) < 4.78 is 1.14. The minimum Gasteiger partial charge on any atom is -0.335 e. The third-order valence-corrected chi connectivity index (χ3v) is 5.00. The van der Waals surface area contributed by atoms with Crippen molar-refractivity contribution < 1.29 is 0 Å². The van der Waals surface area contributed by atoms with Gasteiger partial charge in [-0.3, -0.25) is 4.99 Å². The molecule has 0 amide bonds. The lowest BCUT2D eigenvalue weighted by Gasteiger charge is -2.06. The van der Waals surface area contributed by atoms with Gasteiger partial charge in [-0.2, -0.15) is 0 Å². The second-order valence-corrected chi connectivity index (χ2v) is 5.78. The van der Waals surface area contributed by atoms with E-state index in [1.165, 1.54) is 0 Å². The Balaban J connectivity index is 1.95. The van der Waals surface area contributed by atoms with Crippen LogP contribution in [-0.4, -0.2) is 21.4 Å². The third-order valence-electron chi connectivity index (χ3n) is 1.98. The molecule has 1 N–H and O–H groups in total. The minimum atomic E-state index is 0.625. The van der Waals surface area contributed by atoms with Crippen molar-refractivity contribution in [2.24, 2.45) is 4.99 Å². The fourth-order valence-electron chi connectivity index (χ4n) is 1.22. The van der Waals surface area contributed by atoms with Crippen LogP contribution in [0.15, 0.2) is 29.3 Å². The van der Waals surface area contributed by atoms with Crippen molar-refractivity contribution in [2.45, 2.75) is 5.25 Å². The van der Waals surface area contributed by atoms with Crippen molar-refractivity contribution in [3.05, 3.63) is 29.3 Å². The zero-order chi connectivity index (χ0) is 10.7. The first kappa shape index (κ1) is 11.5. The van der Waals surface area contributed by atoms with Crippen LogP contribution in [0.5, 0.6) is 0 Å². The van der Waals surface area contributed by atoms with E-state index in [4.69, 9.17) is 11.6 Å². The first-order valence-electron chi connectivity index (χ1n) is 4.57. The van der Waals surface area contributed by atoms with Crippen molar-refractivity contribution in [1.82, 2.24) is 0 Å². The fraction of sp³-hybridized carbons (Fsp3) is 0.300. The van der Waals surface area contributed by atoms with Crippen molar-refractivity contribution in [3.8, 4) is 0 Å². The van der Waals surface area contributed by atoms with E-state index in [0.29, 0.717) is 5.25 Å². The molecule has 0 aromatic heterocycles. The summed E-state index contributed by atoms with van der Waals surface area (Å²) in [5, 5.41) is 5.68. The molecule has 0 bridgehead atoms. The number of halogens is 2. The number of rotatable bonds is 2. The Morgan fingerprint density at radius 1 is 1.47 bits per heavy atom. The van der Waals surface area contributed by atoms with Gasteiger partial charge in [-0.05, 0) is 24.3 Å². The second kappa shape index (κ2) is 5.41. The predicted octanol–water partition coefficient (Wildman–Crippen LogP) is 3.66. The Labute approximate surface area is 112 Å². The summed E-state index contributed by atoms with van der Waals surface area (Å²) in [5.41, 5.74) is 1.04. The summed E-state index contributed by atoms with van der Waals surface area (Å²) in [6.07, 6.45) is 0. The Kier molecular flexibility index (Phi) is 4.16. The van der Waals surface area contributed by atoms with E-state index in [-0.39, 0.29) is 0 Å². The van der Waals surface area contributed by atoms with Crippen molar-refractivity contribution >= 4 is 56.8 Å². The van der Waals surface area contributed by atoms with Gasteiger partial charge in [0.25, 0.3) is 0 Å².